The van der Waals surface area contributed by atoms with Gasteiger partial charge in [0.05, 0.1) is 24.6 Å². The third-order valence-corrected chi connectivity index (χ3v) is 4.42. The average Bonchev–Trinajstić information content (AvgIpc) is 2.79. The molecule has 0 bridgehead atoms. The maximum absolute atomic E-state index is 13.9. The lowest BCUT2D eigenvalue weighted by molar-refractivity contribution is 0.284. The molecule has 2 aromatic carbocycles. The molecule has 30 heavy (non-hydrogen) atoms. The molecular formula is C23H21F2N3O2. The Labute approximate surface area is 173 Å². The van der Waals surface area contributed by atoms with E-state index >= 15 is 0 Å². The Bertz CT molecular complexity index is 1020. The van der Waals surface area contributed by atoms with Gasteiger partial charge in [-0.1, -0.05) is 44.0 Å². The highest BCUT2D eigenvalue weighted by Crippen LogP contribution is 2.24. The van der Waals surface area contributed by atoms with Crippen LogP contribution < -0.4 is 9.47 Å². The van der Waals surface area contributed by atoms with Gasteiger partial charge < -0.3 is 9.47 Å². The monoisotopic (exact) mass is 409 g/mol. The Morgan fingerprint density at radius 3 is 2.33 bits per heavy atom. The topological polar surface area (TPSA) is 68.0 Å². The Balaban J connectivity index is 1.59. The molecule has 0 fully saturated rings. The van der Waals surface area contributed by atoms with Crippen LogP contribution >= 0.6 is 0 Å². The molecule has 0 amide bonds. The number of unbranched alkanes of at least 4 members (excludes halogenated alkanes) is 2. The number of ether oxygens (including phenoxy) is 2. The fourth-order valence-corrected chi connectivity index (χ4v) is 2.72. The van der Waals surface area contributed by atoms with Gasteiger partial charge >= 0.3 is 0 Å². The van der Waals surface area contributed by atoms with E-state index in [2.05, 4.69) is 16.9 Å². The van der Waals surface area contributed by atoms with Crippen LogP contribution in [0.1, 0.15) is 37.3 Å². The van der Waals surface area contributed by atoms with E-state index in [0.29, 0.717) is 18.2 Å². The van der Waals surface area contributed by atoms with E-state index in [4.69, 9.17) is 14.7 Å². The summed E-state index contributed by atoms with van der Waals surface area (Å²) in [5.74, 6) is -1.43. The molecule has 5 nitrogen and oxygen atoms in total. The Hall–Kier alpha value is -3.53. The van der Waals surface area contributed by atoms with Gasteiger partial charge in [-0.2, -0.15) is 9.65 Å². The standard InChI is InChI=1S/C23H21F2N3O2/c1-2-3-4-11-29-19-13-27-23(28-14-19)17-7-5-16(6-8-17)15-30-20-10-9-18(12-26)21(24)22(20)25/h5-10,13-14H,2-4,11,15H2,1H3. The van der Waals surface area contributed by atoms with Gasteiger partial charge in [0.1, 0.15) is 12.7 Å². The lowest BCUT2D eigenvalue weighted by atomic mass is 10.1. The van der Waals surface area contributed by atoms with Crippen molar-refractivity contribution >= 4 is 0 Å². The van der Waals surface area contributed by atoms with Crippen LogP contribution in [0.3, 0.4) is 0 Å². The van der Waals surface area contributed by atoms with Gasteiger partial charge in [0.25, 0.3) is 0 Å². The van der Waals surface area contributed by atoms with E-state index in [1.165, 1.54) is 12.1 Å². The summed E-state index contributed by atoms with van der Waals surface area (Å²) in [6.07, 6.45) is 6.56. The summed E-state index contributed by atoms with van der Waals surface area (Å²) in [6.45, 7) is 2.84. The van der Waals surface area contributed by atoms with Crippen molar-refractivity contribution in [2.24, 2.45) is 0 Å². The maximum atomic E-state index is 13.9. The third-order valence-electron chi connectivity index (χ3n) is 4.42. The van der Waals surface area contributed by atoms with Crippen LogP contribution in [0.4, 0.5) is 8.78 Å². The largest absolute Gasteiger partial charge is 0.490 e. The van der Waals surface area contributed by atoms with Gasteiger partial charge in [-0.05, 0) is 24.1 Å². The van der Waals surface area contributed by atoms with Crippen LogP contribution in [0.25, 0.3) is 11.4 Å². The van der Waals surface area contributed by atoms with Crippen molar-refractivity contribution in [2.45, 2.75) is 32.8 Å². The van der Waals surface area contributed by atoms with Crippen molar-refractivity contribution < 1.29 is 18.3 Å². The predicted molar refractivity (Wildman–Crippen MR) is 108 cm³/mol. The number of nitrogens with zero attached hydrogens (tertiary/aromatic N) is 3. The molecule has 0 spiro atoms. The minimum Gasteiger partial charge on any atom is -0.490 e. The van der Waals surface area contributed by atoms with E-state index in [-0.39, 0.29) is 17.9 Å². The van der Waals surface area contributed by atoms with Crippen LogP contribution in [0.2, 0.25) is 0 Å². The quantitative estimate of drug-likeness (QED) is 0.440. The second kappa shape index (κ2) is 10.3. The Kier molecular flexibility index (Phi) is 7.28. The zero-order valence-corrected chi connectivity index (χ0v) is 16.6. The van der Waals surface area contributed by atoms with Crippen molar-refractivity contribution in [2.75, 3.05) is 6.61 Å². The SMILES string of the molecule is CCCCCOc1cnc(-c2ccc(COc3ccc(C#N)c(F)c3F)cc2)nc1. The van der Waals surface area contributed by atoms with Crippen LogP contribution in [0, 0.1) is 23.0 Å². The highest BCUT2D eigenvalue weighted by Gasteiger charge is 2.14. The number of rotatable bonds is 9. The van der Waals surface area contributed by atoms with Crippen LogP contribution in [0.15, 0.2) is 48.8 Å². The van der Waals surface area contributed by atoms with Crippen molar-refractivity contribution in [3.8, 4) is 29.0 Å². The predicted octanol–water partition coefficient (Wildman–Crippen LogP) is 5.44. The Morgan fingerprint density at radius 1 is 0.933 bits per heavy atom. The molecular weight excluding hydrogens is 388 g/mol. The van der Waals surface area contributed by atoms with Gasteiger partial charge in [0.15, 0.2) is 23.1 Å². The summed E-state index contributed by atoms with van der Waals surface area (Å²) in [7, 11) is 0. The number of benzene rings is 2. The lowest BCUT2D eigenvalue weighted by Gasteiger charge is -2.09. The van der Waals surface area contributed by atoms with E-state index < -0.39 is 11.6 Å². The second-order valence-corrected chi connectivity index (χ2v) is 6.63. The summed E-state index contributed by atoms with van der Waals surface area (Å²) in [4.78, 5) is 8.65. The highest BCUT2D eigenvalue weighted by atomic mass is 19.2. The number of halogens is 2. The first-order chi connectivity index (χ1) is 14.6. The second-order valence-electron chi connectivity index (χ2n) is 6.63. The van der Waals surface area contributed by atoms with Crippen molar-refractivity contribution in [1.29, 1.82) is 5.26 Å². The van der Waals surface area contributed by atoms with Gasteiger partial charge in [-0.25, -0.2) is 14.4 Å². The molecule has 0 aliphatic carbocycles. The fraction of sp³-hybridized carbons (Fsp3) is 0.261. The van der Waals surface area contributed by atoms with Crippen LogP contribution in [-0.4, -0.2) is 16.6 Å². The number of aromatic nitrogens is 2. The molecule has 0 saturated heterocycles. The zero-order valence-electron chi connectivity index (χ0n) is 16.6. The highest BCUT2D eigenvalue weighted by molar-refractivity contribution is 5.55. The van der Waals surface area contributed by atoms with Crippen LogP contribution in [-0.2, 0) is 6.61 Å². The lowest BCUT2D eigenvalue weighted by Crippen LogP contribution is -2.01. The summed E-state index contributed by atoms with van der Waals surface area (Å²) in [6, 6.07) is 11.3. The number of hydrogen-bond acceptors (Lipinski definition) is 5. The maximum Gasteiger partial charge on any atom is 0.202 e. The molecule has 0 atom stereocenters. The molecule has 1 aromatic heterocycles. The molecule has 0 saturated carbocycles. The average molecular weight is 409 g/mol. The molecule has 7 heteroatoms. The molecule has 0 aliphatic heterocycles. The number of nitriles is 1. The van der Waals surface area contributed by atoms with Gasteiger partial charge in [-0.15, -0.1) is 0 Å². The summed E-state index contributed by atoms with van der Waals surface area (Å²) < 4.78 is 38.5. The minimum absolute atomic E-state index is 0.0495. The van der Waals surface area contributed by atoms with Crippen molar-refractivity contribution in [3.63, 3.8) is 0 Å². The zero-order chi connectivity index (χ0) is 21.3. The number of hydrogen-bond donors (Lipinski definition) is 0. The Morgan fingerprint density at radius 2 is 1.67 bits per heavy atom. The first-order valence-electron chi connectivity index (χ1n) is 9.67. The first-order valence-corrected chi connectivity index (χ1v) is 9.67. The molecule has 154 valence electrons. The van der Waals surface area contributed by atoms with Crippen molar-refractivity contribution in [3.05, 3.63) is 71.6 Å². The van der Waals surface area contributed by atoms with E-state index in [9.17, 15) is 8.78 Å². The molecule has 3 aromatic rings. The summed E-state index contributed by atoms with van der Waals surface area (Å²) >= 11 is 0. The molecule has 0 aliphatic rings. The molecule has 3 rings (SSSR count). The smallest absolute Gasteiger partial charge is 0.202 e. The van der Waals surface area contributed by atoms with Gasteiger partial charge in [0.2, 0.25) is 5.82 Å². The van der Waals surface area contributed by atoms with Gasteiger partial charge in [-0.3, -0.25) is 0 Å². The fourth-order valence-electron chi connectivity index (χ4n) is 2.72. The van der Waals surface area contributed by atoms with E-state index in [0.717, 1.165) is 30.4 Å². The van der Waals surface area contributed by atoms with Crippen LogP contribution in [0.5, 0.6) is 11.5 Å². The van der Waals surface area contributed by atoms with E-state index in [1.807, 2.05) is 12.1 Å². The molecule has 0 N–H and O–H groups in total. The van der Waals surface area contributed by atoms with Gasteiger partial charge in [0, 0.05) is 5.56 Å². The first kappa shape index (κ1) is 21.2. The normalized spacial score (nSPS) is 10.5. The third kappa shape index (κ3) is 5.29. The summed E-state index contributed by atoms with van der Waals surface area (Å²) in [5.41, 5.74) is 1.22. The van der Waals surface area contributed by atoms with Crippen molar-refractivity contribution in [1.82, 2.24) is 9.97 Å². The molecule has 1 heterocycles. The summed E-state index contributed by atoms with van der Waals surface area (Å²) in [5, 5.41) is 8.72. The molecule has 0 radical (unpaired) electrons. The molecule has 0 unspecified atom stereocenters. The minimum atomic E-state index is -1.21. The van der Waals surface area contributed by atoms with E-state index in [1.54, 1.807) is 30.6 Å².